The van der Waals surface area contributed by atoms with Gasteiger partial charge in [0.1, 0.15) is 5.75 Å². The zero-order valence-electron chi connectivity index (χ0n) is 14.3. The number of hydrogen-bond donors (Lipinski definition) is 0. The second kappa shape index (κ2) is 9.06. The van der Waals surface area contributed by atoms with Crippen LogP contribution in [0.5, 0.6) is 5.75 Å². The molecule has 0 unspecified atom stereocenters. The lowest BCUT2D eigenvalue weighted by Gasteiger charge is -2.23. The van der Waals surface area contributed by atoms with Crippen molar-refractivity contribution in [1.82, 2.24) is 0 Å². The number of nitrogens with zero attached hydrogens (tertiary/aromatic N) is 2. The number of ketones is 1. The Morgan fingerprint density at radius 3 is 2.40 bits per heavy atom. The Morgan fingerprint density at radius 1 is 1.16 bits per heavy atom. The average Bonchev–Trinajstić information content (AvgIpc) is 3.14. The first-order valence-electron chi connectivity index (χ1n) is 7.86. The van der Waals surface area contributed by atoms with Crippen molar-refractivity contribution in [3.8, 4) is 5.75 Å². The molecule has 6 heteroatoms. The standard InChI is InChI=1S/C19H20N2O2S.BrH/c1-14-3-5-15(6-4-14)18(22)13-21(19-20-11-12-24-19)16-7-9-17(23-2)10-8-16;/h3-10H,11-13H2,1-2H3;1H. The highest BCUT2D eigenvalue weighted by Gasteiger charge is 2.21. The SMILES string of the molecule is Br.COc1ccc(N(CC(=O)c2ccc(C)cc2)C2=NCCS2)cc1. The number of aliphatic imine (C=N–C) groups is 1. The summed E-state index contributed by atoms with van der Waals surface area (Å²) in [5, 5.41) is 0.903. The van der Waals surface area contributed by atoms with Gasteiger partial charge in [-0.3, -0.25) is 9.79 Å². The number of anilines is 1. The van der Waals surface area contributed by atoms with Crippen LogP contribution in [-0.2, 0) is 0 Å². The summed E-state index contributed by atoms with van der Waals surface area (Å²) in [6.45, 7) is 3.09. The van der Waals surface area contributed by atoms with Gasteiger partial charge in [0.2, 0.25) is 0 Å². The summed E-state index contributed by atoms with van der Waals surface area (Å²) < 4.78 is 5.22. The Labute approximate surface area is 163 Å². The Balaban J connectivity index is 0.00000225. The Morgan fingerprint density at radius 2 is 1.84 bits per heavy atom. The van der Waals surface area contributed by atoms with Gasteiger partial charge in [-0.25, -0.2) is 0 Å². The number of carbonyl (C=O) groups excluding carboxylic acids is 1. The average molecular weight is 421 g/mol. The number of ether oxygens (including phenoxy) is 1. The van der Waals surface area contributed by atoms with Gasteiger partial charge in [0.05, 0.1) is 20.2 Å². The molecule has 1 aliphatic rings. The Kier molecular flexibility index (Phi) is 7.08. The third kappa shape index (κ3) is 4.86. The largest absolute Gasteiger partial charge is 0.497 e. The molecule has 0 bridgehead atoms. The molecule has 0 saturated carbocycles. The van der Waals surface area contributed by atoms with Gasteiger partial charge in [0.15, 0.2) is 11.0 Å². The summed E-state index contributed by atoms with van der Waals surface area (Å²) in [5.41, 5.74) is 2.82. The van der Waals surface area contributed by atoms with Gasteiger partial charge in [-0.15, -0.1) is 17.0 Å². The molecule has 4 nitrogen and oxygen atoms in total. The Bertz CT molecular complexity index is 745. The third-order valence-corrected chi connectivity index (χ3v) is 4.85. The Hall–Kier alpha value is -1.79. The first kappa shape index (κ1) is 19.5. The number of amidine groups is 1. The lowest BCUT2D eigenvalue weighted by atomic mass is 10.1. The molecule has 132 valence electrons. The monoisotopic (exact) mass is 420 g/mol. The maximum absolute atomic E-state index is 12.7. The number of methoxy groups -OCH3 is 1. The van der Waals surface area contributed by atoms with E-state index in [1.165, 1.54) is 0 Å². The molecular formula is C19H21BrN2O2S. The smallest absolute Gasteiger partial charge is 0.182 e. The number of aryl methyl sites for hydroxylation is 1. The van der Waals surface area contributed by atoms with E-state index in [2.05, 4.69) is 4.99 Å². The zero-order chi connectivity index (χ0) is 16.9. The van der Waals surface area contributed by atoms with Crippen molar-refractivity contribution in [2.75, 3.05) is 30.9 Å². The molecule has 0 aromatic heterocycles. The summed E-state index contributed by atoms with van der Waals surface area (Å²) in [6.07, 6.45) is 0. The van der Waals surface area contributed by atoms with E-state index in [1.54, 1.807) is 18.9 Å². The van der Waals surface area contributed by atoms with Crippen LogP contribution < -0.4 is 9.64 Å². The molecule has 1 heterocycles. The molecule has 0 radical (unpaired) electrons. The molecule has 2 aromatic rings. The predicted molar refractivity (Wildman–Crippen MR) is 111 cm³/mol. The van der Waals surface area contributed by atoms with Crippen LogP contribution in [-0.4, -0.2) is 36.9 Å². The van der Waals surface area contributed by atoms with Crippen molar-refractivity contribution in [3.05, 3.63) is 59.7 Å². The number of rotatable bonds is 5. The number of halogens is 1. The van der Waals surface area contributed by atoms with Crippen LogP contribution in [0.3, 0.4) is 0 Å². The van der Waals surface area contributed by atoms with Crippen LogP contribution in [0.25, 0.3) is 0 Å². The van der Waals surface area contributed by atoms with Gasteiger partial charge in [-0.05, 0) is 31.2 Å². The minimum absolute atomic E-state index is 0. The first-order valence-corrected chi connectivity index (χ1v) is 8.84. The quantitative estimate of drug-likeness (QED) is 0.673. The fraction of sp³-hybridized carbons (Fsp3) is 0.263. The van der Waals surface area contributed by atoms with Crippen LogP contribution >= 0.6 is 28.7 Å². The summed E-state index contributed by atoms with van der Waals surface area (Å²) in [7, 11) is 1.64. The van der Waals surface area contributed by atoms with Gasteiger partial charge in [0, 0.05) is 17.0 Å². The number of thioether (sulfide) groups is 1. The lowest BCUT2D eigenvalue weighted by molar-refractivity contribution is 0.100. The van der Waals surface area contributed by atoms with E-state index in [9.17, 15) is 4.79 Å². The highest BCUT2D eigenvalue weighted by atomic mass is 79.9. The van der Waals surface area contributed by atoms with Crippen LogP contribution in [0.2, 0.25) is 0 Å². The van der Waals surface area contributed by atoms with Crippen LogP contribution in [0, 0.1) is 6.92 Å². The minimum atomic E-state index is 0. The fourth-order valence-electron chi connectivity index (χ4n) is 2.49. The molecule has 0 amide bonds. The third-order valence-electron chi connectivity index (χ3n) is 3.86. The zero-order valence-corrected chi connectivity index (χ0v) is 16.8. The highest BCUT2D eigenvalue weighted by molar-refractivity contribution is 8.93. The molecule has 0 atom stereocenters. The number of benzene rings is 2. The maximum Gasteiger partial charge on any atom is 0.182 e. The molecule has 3 rings (SSSR count). The first-order chi connectivity index (χ1) is 11.7. The molecule has 1 aliphatic heterocycles. The molecule has 0 saturated heterocycles. The second-order valence-electron chi connectivity index (χ2n) is 5.59. The van der Waals surface area contributed by atoms with E-state index in [1.807, 2.05) is 60.4 Å². The van der Waals surface area contributed by atoms with Crippen molar-refractivity contribution >= 4 is 45.4 Å². The van der Waals surface area contributed by atoms with Crippen molar-refractivity contribution in [1.29, 1.82) is 0 Å². The summed E-state index contributed by atoms with van der Waals surface area (Å²) in [6, 6.07) is 15.4. The molecule has 0 aliphatic carbocycles. The van der Waals surface area contributed by atoms with Crippen LogP contribution in [0.1, 0.15) is 15.9 Å². The molecule has 0 N–H and O–H groups in total. The number of Topliss-reactive ketones (excluding diaryl/α,β-unsaturated/α-hetero) is 1. The van der Waals surface area contributed by atoms with Crippen molar-refractivity contribution in [2.24, 2.45) is 4.99 Å². The molecule has 2 aromatic carbocycles. The highest BCUT2D eigenvalue weighted by Crippen LogP contribution is 2.25. The maximum atomic E-state index is 12.7. The summed E-state index contributed by atoms with van der Waals surface area (Å²) in [5.74, 6) is 1.84. The van der Waals surface area contributed by atoms with E-state index in [0.29, 0.717) is 0 Å². The van der Waals surface area contributed by atoms with E-state index in [4.69, 9.17) is 4.74 Å². The molecule has 0 fully saturated rings. The molecule has 25 heavy (non-hydrogen) atoms. The van der Waals surface area contributed by atoms with E-state index in [-0.39, 0.29) is 29.3 Å². The van der Waals surface area contributed by atoms with Gasteiger partial charge in [-0.1, -0.05) is 41.6 Å². The van der Waals surface area contributed by atoms with E-state index >= 15 is 0 Å². The normalized spacial score (nSPS) is 13.0. The van der Waals surface area contributed by atoms with Gasteiger partial charge < -0.3 is 9.64 Å². The lowest BCUT2D eigenvalue weighted by Crippen LogP contribution is -2.33. The number of hydrogen-bond acceptors (Lipinski definition) is 5. The van der Waals surface area contributed by atoms with Crippen LogP contribution in [0.15, 0.2) is 53.5 Å². The molecule has 0 spiro atoms. The van der Waals surface area contributed by atoms with Crippen molar-refractivity contribution in [2.45, 2.75) is 6.92 Å². The molecular weight excluding hydrogens is 400 g/mol. The van der Waals surface area contributed by atoms with E-state index < -0.39 is 0 Å². The van der Waals surface area contributed by atoms with Crippen molar-refractivity contribution < 1.29 is 9.53 Å². The van der Waals surface area contributed by atoms with Crippen molar-refractivity contribution in [3.63, 3.8) is 0 Å². The second-order valence-corrected chi connectivity index (χ2v) is 6.65. The fourth-order valence-corrected chi connectivity index (χ4v) is 3.37. The van der Waals surface area contributed by atoms with Gasteiger partial charge in [-0.2, -0.15) is 0 Å². The number of carbonyl (C=O) groups is 1. The predicted octanol–water partition coefficient (Wildman–Crippen LogP) is 4.37. The summed E-state index contributed by atoms with van der Waals surface area (Å²) in [4.78, 5) is 19.2. The topological polar surface area (TPSA) is 41.9 Å². The van der Waals surface area contributed by atoms with Gasteiger partial charge in [0.25, 0.3) is 0 Å². The summed E-state index contributed by atoms with van der Waals surface area (Å²) >= 11 is 1.69. The van der Waals surface area contributed by atoms with Crippen LogP contribution in [0.4, 0.5) is 5.69 Å². The van der Waals surface area contributed by atoms with Gasteiger partial charge >= 0.3 is 0 Å². The van der Waals surface area contributed by atoms with E-state index in [0.717, 1.165) is 40.0 Å². The minimum Gasteiger partial charge on any atom is -0.497 e.